The fourth-order valence-corrected chi connectivity index (χ4v) is 3.74. The average Bonchev–Trinajstić information content (AvgIpc) is 3.18. The minimum Gasteiger partial charge on any atom is -0.360 e. The fraction of sp³-hybridized carbons (Fsp3) is 0.304. The van der Waals surface area contributed by atoms with Crippen LogP contribution in [0.2, 0.25) is 0 Å². The number of amides is 1. The Morgan fingerprint density at radius 2 is 1.67 bits per heavy atom. The Bertz CT molecular complexity index is 866. The first-order valence-electron chi connectivity index (χ1n) is 9.60. The molecular weight excluding hydrogens is 336 g/mol. The van der Waals surface area contributed by atoms with Crippen molar-refractivity contribution in [1.29, 1.82) is 0 Å². The summed E-state index contributed by atoms with van der Waals surface area (Å²) in [6, 6.07) is 22.4. The topological polar surface area (TPSA) is 46.3 Å². The van der Waals surface area contributed by atoms with Crippen molar-refractivity contribution < 1.29 is 9.32 Å². The molecule has 4 rings (SSSR count). The number of rotatable bonds is 5. The van der Waals surface area contributed by atoms with Gasteiger partial charge < -0.3 is 9.42 Å². The molecule has 1 aliphatic heterocycles. The second-order valence-corrected chi connectivity index (χ2v) is 7.24. The van der Waals surface area contributed by atoms with Crippen molar-refractivity contribution in [3.05, 3.63) is 78.1 Å². The van der Waals surface area contributed by atoms with E-state index < -0.39 is 0 Å². The van der Waals surface area contributed by atoms with Crippen LogP contribution in [0.4, 0.5) is 0 Å². The molecule has 4 nitrogen and oxygen atoms in total. The molecular formula is C23H24N2O2. The van der Waals surface area contributed by atoms with Crippen LogP contribution in [0, 0.1) is 5.92 Å². The van der Waals surface area contributed by atoms with E-state index in [0.717, 1.165) is 43.6 Å². The lowest BCUT2D eigenvalue weighted by Crippen LogP contribution is -2.39. The van der Waals surface area contributed by atoms with Crippen LogP contribution in [0.1, 0.15) is 24.2 Å². The van der Waals surface area contributed by atoms with Gasteiger partial charge in [-0.15, -0.1) is 0 Å². The van der Waals surface area contributed by atoms with Crippen LogP contribution < -0.4 is 0 Å². The minimum atomic E-state index is 0.129. The molecule has 0 aliphatic carbocycles. The standard InChI is InChI=1S/C23H24N2O2/c26-23(17-21-16-22(24-27-21)20-9-5-2-6-10-20)25-13-11-19(12-14-25)15-18-7-3-1-4-8-18/h1-10,16,19H,11-15,17H2. The predicted molar refractivity (Wildman–Crippen MR) is 105 cm³/mol. The van der Waals surface area contributed by atoms with Gasteiger partial charge in [0.25, 0.3) is 0 Å². The summed E-state index contributed by atoms with van der Waals surface area (Å²) in [6.07, 6.45) is 3.51. The van der Waals surface area contributed by atoms with Gasteiger partial charge in [-0.1, -0.05) is 65.8 Å². The molecule has 1 amide bonds. The van der Waals surface area contributed by atoms with Crippen LogP contribution in [0.3, 0.4) is 0 Å². The number of hydrogen-bond donors (Lipinski definition) is 0. The molecule has 2 heterocycles. The fourth-order valence-electron chi connectivity index (χ4n) is 3.74. The van der Waals surface area contributed by atoms with Crippen LogP contribution in [0.15, 0.2) is 71.3 Å². The summed E-state index contributed by atoms with van der Waals surface area (Å²) in [5.74, 6) is 1.42. The van der Waals surface area contributed by atoms with Crippen LogP contribution in [-0.2, 0) is 17.6 Å². The number of piperidine rings is 1. The average molecular weight is 360 g/mol. The Balaban J connectivity index is 1.29. The maximum atomic E-state index is 12.6. The third kappa shape index (κ3) is 4.45. The van der Waals surface area contributed by atoms with Gasteiger partial charge in [-0.2, -0.15) is 0 Å². The van der Waals surface area contributed by atoms with Gasteiger partial charge in [0, 0.05) is 24.7 Å². The highest BCUT2D eigenvalue weighted by Gasteiger charge is 2.24. The largest absolute Gasteiger partial charge is 0.360 e. The Hall–Kier alpha value is -2.88. The number of benzene rings is 2. The molecule has 0 N–H and O–H groups in total. The smallest absolute Gasteiger partial charge is 0.230 e. The quantitative estimate of drug-likeness (QED) is 0.679. The first kappa shape index (κ1) is 17.5. The molecule has 0 spiro atoms. The van der Waals surface area contributed by atoms with E-state index in [1.807, 2.05) is 41.3 Å². The molecule has 0 unspecified atom stereocenters. The summed E-state index contributed by atoms with van der Waals surface area (Å²) < 4.78 is 5.38. The minimum absolute atomic E-state index is 0.129. The van der Waals surface area contributed by atoms with Crippen molar-refractivity contribution >= 4 is 5.91 Å². The van der Waals surface area contributed by atoms with Gasteiger partial charge in [0.15, 0.2) is 0 Å². The molecule has 0 bridgehead atoms. The Labute approximate surface area is 159 Å². The van der Waals surface area contributed by atoms with Gasteiger partial charge in [0.1, 0.15) is 11.5 Å². The van der Waals surface area contributed by atoms with Crippen LogP contribution in [0.25, 0.3) is 11.3 Å². The summed E-state index contributed by atoms with van der Waals surface area (Å²) in [4.78, 5) is 14.6. The highest BCUT2D eigenvalue weighted by atomic mass is 16.5. The summed E-state index contributed by atoms with van der Waals surface area (Å²) in [5, 5.41) is 4.10. The molecule has 1 aromatic heterocycles. The normalized spacial score (nSPS) is 15.0. The third-order valence-electron chi connectivity index (χ3n) is 5.29. The predicted octanol–water partition coefficient (Wildman–Crippen LogP) is 4.37. The van der Waals surface area contributed by atoms with E-state index in [9.17, 15) is 4.79 Å². The number of nitrogens with zero attached hydrogens (tertiary/aromatic N) is 2. The first-order chi connectivity index (χ1) is 13.3. The maximum absolute atomic E-state index is 12.6. The molecule has 4 heteroatoms. The van der Waals surface area contributed by atoms with Gasteiger partial charge in [-0.3, -0.25) is 4.79 Å². The second kappa shape index (κ2) is 8.21. The van der Waals surface area contributed by atoms with E-state index in [2.05, 4.69) is 35.5 Å². The monoisotopic (exact) mass is 360 g/mol. The van der Waals surface area contributed by atoms with Crippen molar-refractivity contribution in [3.63, 3.8) is 0 Å². The lowest BCUT2D eigenvalue weighted by molar-refractivity contribution is -0.132. The molecule has 1 aliphatic rings. The van der Waals surface area contributed by atoms with Crippen molar-refractivity contribution in [2.75, 3.05) is 13.1 Å². The molecule has 138 valence electrons. The van der Waals surface area contributed by atoms with Crippen LogP contribution in [0.5, 0.6) is 0 Å². The zero-order valence-corrected chi connectivity index (χ0v) is 15.4. The molecule has 1 saturated heterocycles. The van der Waals surface area contributed by atoms with E-state index in [-0.39, 0.29) is 12.3 Å². The van der Waals surface area contributed by atoms with E-state index >= 15 is 0 Å². The molecule has 1 fully saturated rings. The Morgan fingerprint density at radius 1 is 1.00 bits per heavy atom. The molecule has 0 atom stereocenters. The number of hydrogen-bond acceptors (Lipinski definition) is 3. The zero-order chi connectivity index (χ0) is 18.5. The van der Waals surface area contributed by atoms with Crippen molar-refractivity contribution in [2.45, 2.75) is 25.7 Å². The summed E-state index contributed by atoms with van der Waals surface area (Å²) in [7, 11) is 0. The Morgan fingerprint density at radius 3 is 2.37 bits per heavy atom. The first-order valence-corrected chi connectivity index (χ1v) is 9.60. The summed E-state index contributed by atoms with van der Waals surface area (Å²) in [5.41, 5.74) is 3.17. The van der Waals surface area contributed by atoms with E-state index in [1.165, 1.54) is 5.56 Å². The van der Waals surface area contributed by atoms with Gasteiger partial charge in [0.05, 0.1) is 6.42 Å². The Kier molecular flexibility index (Phi) is 5.33. The van der Waals surface area contributed by atoms with Crippen molar-refractivity contribution in [1.82, 2.24) is 10.1 Å². The van der Waals surface area contributed by atoms with Crippen molar-refractivity contribution in [2.24, 2.45) is 5.92 Å². The molecule has 3 aromatic rings. The second-order valence-electron chi connectivity index (χ2n) is 7.24. The van der Waals surface area contributed by atoms with Crippen LogP contribution >= 0.6 is 0 Å². The zero-order valence-electron chi connectivity index (χ0n) is 15.4. The molecule has 27 heavy (non-hydrogen) atoms. The number of carbonyl (C=O) groups excluding carboxylic acids is 1. The number of carbonyl (C=O) groups is 1. The van der Waals surface area contributed by atoms with Crippen molar-refractivity contribution in [3.8, 4) is 11.3 Å². The molecule has 2 aromatic carbocycles. The lowest BCUT2D eigenvalue weighted by Gasteiger charge is -2.32. The third-order valence-corrected chi connectivity index (χ3v) is 5.29. The van der Waals surface area contributed by atoms with Gasteiger partial charge in [-0.05, 0) is 30.7 Å². The molecule has 0 saturated carbocycles. The maximum Gasteiger partial charge on any atom is 0.230 e. The van der Waals surface area contributed by atoms with E-state index in [0.29, 0.717) is 11.7 Å². The molecule has 0 radical (unpaired) electrons. The number of likely N-dealkylation sites (tertiary alicyclic amines) is 1. The highest BCUT2D eigenvalue weighted by molar-refractivity contribution is 5.78. The van der Waals surface area contributed by atoms with Gasteiger partial charge >= 0.3 is 0 Å². The van der Waals surface area contributed by atoms with Crippen LogP contribution in [-0.4, -0.2) is 29.1 Å². The van der Waals surface area contributed by atoms with Gasteiger partial charge in [-0.25, -0.2) is 0 Å². The van der Waals surface area contributed by atoms with Gasteiger partial charge in [0.2, 0.25) is 5.91 Å². The van der Waals surface area contributed by atoms with E-state index in [4.69, 9.17) is 4.52 Å². The summed E-state index contributed by atoms with van der Waals surface area (Å²) in [6.45, 7) is 1.66. The lowest BCUT2D eigenvalue weighted by atomic mass is 9.90. The summed E-state index contributed by atoms with van der Waals surface area (Å²) >= 11 is 0. The number of aromatic nitrogens is 1. The SMILES string of the molecule is O=C(Cc1cc(-c2ccccc2)no1)N1CCC(Cc2ccccc2)CC1. The highest BCUT2D eigenvalue weighted by Crippen LogP contribution is 2.23. The van der Waals surface area contributed by atoms with E-state index in [1.54, 1.807) is 0 Å².